The highest BCUT2D eigenvalue weighted by molar-refractivity contribution is 7.85. The Balaban J connectivity index is 1.70. The van der Waals surface area contributed by atoms with Gasteiger partial charge in [-0.1, -0.05) is 27.2 Å². The van der Waals surface area contributed by atoms with Crippen LogP contribution in [0.15, 0.2) is 0 Å². The Bertz CT molecular complexity index is 1800. The van der Waals surface area contributed by atoms with Gasteiger partial charge in [-0.05, 0) is 62.0 Å². The van der Waals surface area contributed by atoms with Crippen molar-refractivity contribution in [3.63, 3.8) is 0 Å². The molecule has 0 saturated carbocycles. The third-order valence-electron chi connectivity index (χ3n) is 12.3. The average Bonchev–Trinajstić information content (AvgIpc) is 3.74. The standard InChI is InChI=1S/C37H55N5O9S/c1-8-22-17(2)25-16-30-33(21(6)43)19(4)27(40-30)14-26-18(3)23(9-10-31(44)45)35(41-26)24(13-32(46)51-7)36-34(37(47)38-11-12-52(48,49)50)20(5)28(42-36)15-29(22)39-25/h17-18,22-26,29,35,39-42H,8-16H2,1-7H3,(H,38,47)(H,44,45)(H,48,49,50). The van der Waals surface area contributed by atoms with E-state index in [1.54, 1.807) is 6.92 Å². The van der Waals surface area contributed by atoms with Crippen LogP contribution < -0.4 is 16.0 Å². The molecule has 9 atom stereocenters. The minimum atomic E-state index is -4.33. The number of carbonyl (C=O) groups is 4. The fraction of sp³-hybridized carbons (Fsp3) is 0.676. The van der Waals surface area contributed by atoms with E-state index >= 15 is 0 Å². The SMILES string of the molecule is CCC1C2Cc3[nH]c(c(C(=O)NCCS(=O)(=O)O)c3C)C(CC(=O)OC)C3NC(Cc4[nH]c(c(C(C)=O)c4C)CC(N2)C1C)C(C)C3CCC(=O)O. The van der Waals surface area contributed by atoms with Gasteiger partial charge in [0, 0.05) is 90.7 Å². The minimum Gasteiger partial charge on any atom is -0.481 e. The number of Topliss-reactive ketones (excluding diaryl/α,β-unsaturated/α-hetero) is 1. The van der Waals surface area contributed by atoms with Crippen molar-refractivity contribution in [2.45, 2.75) is 117 Å². The summed E-state index contributed by atoms with van der Waals surface area (Å²) >= 11 is 0. The highest BCUT2D eigenvalue weighted by Crippen LogP contribution is 2.43. The van der Waals surface area contributed by atoms with E-state index in [1.165, 1.54) is 7.11 Å². The number of H-pyrrole nitrogens is 2. The number of carboxylic acid groups (broad SMARTS) is 1. The topological polar surface area (TPSA) is 220 Å². The maximum Gasteiger partial charge on any atom is 0.306 e. The molecule has 5 heterocycles. The Kier molecular flexibility index (Phi) is 12.1. The van der Waals surface area contributed by atoms with Crippen LogP contribution in [0.4, 0.5) is 0 Å². The van der Waals surface area contributed by atoms with Gasteiger partial charge in [0.2, 0.25) is 0 Å². The molecule has 9 unspecified atom stereocenters. The molecule has 2 saturated heterocycles. The Labute approximate surface area is 305 Å². The molecule has 7 N–H and O–H groups in total. The number of esters is 1. The third kappa shape index (κ3) is 8.17. The van der Waals surface area contributed by atoms with Crippen LogP contribution in [0.5, 0.6) is 0 Å². The summed E-state index contributed by atoms with van der Waals surface area (Å²) in [6.07, 6.45) is 2.73. The van der Waals surface area contributed by atoms with Crippen LogP contribution in [-0.2, 0) is 43.7 Å². The highest BCUT2D eigenvalue weighted by atomic mass is 32.2. The molecule has 0 radical (unpaired) electrons. The number of nitrogens with one attached hydrogen (secondary N) is 5. The number of amides is 1. The monoisotopic (exact) mass is 745 g/mol. The molecule has 1 amide bonds. The number of aliphatic carboxylic acids is 1. The molecule has 3 aliphatic rings. The summed E-state index contributed by atoms with van der Waals surface area (Å²) in [5.41, 5.74) is 5.71. The average molecular weight is 746 g/mol. The summed E-state index contributed by atoms with van der Waals surface area (Å²) in [4.78, 5) is 59.4. The van der Waals surface area contributed by atoms with Gasteiger partial charge in [0.1, 0.15) is 0 Å². The molecule has 288 valence electrons. The van der Waals surface area contributed by atoms with E-state index in [0.29, 0.717) is 48.1 Å². The number of rotatable bonds is 11. The summed E-state index contributed by atoms with van der Waals surface area (Å²) in [6.45, 7) is 11.6. The van der Waals surface area contributed by atoms with Gasteiger partial charge in [0.05, 0.1) is 24.8 Å². The number of carboxylic acids is 1. The first-order chi connectivity index (χ1) is 24.4. The molecule has 2 aromatic heterocycles. The lowest BCUT2D eigenvalue weighted by molar-refractivity contribution is -0.141. The van der Waals surface area contributed by atoms with Gasteiger partial charge < -0.3 is 35.8 Å². The molecule has 2 aromatic rings. The first kappa shape index (κ1) is 39.7. The van der Waals surface area contributed by atoms with Gasteiger partial charge in [-0.3, -0.25) is 23.7 Å². The van der Waals surface area contributed by atoms with Gasteiger partial charge >= 0.3 is 11.9 Å². The number of fused-ring (bicyclic) bond motifs is 8. The van der Waals surface area contributed by atoms with Crippen molar-refractivity contribution >= 4 is 33.7 Å². The zero-order chi connectivity index (χ0) is 38.2. The quantitative estimate of drug-likeness (QED) is 0.101. The molecule has 3 aliphatic heterocycles. The van der Waals surface area contributed by atoms with Crippen LogP contribution in [0, 0.1) is 37.5 Å². The summed E-state index contributed by atoms with van der Waals surface area (Å²) in [6, 6.07) is -0.528. The lowest BCUT2D eigenvalue weighted by Gasteiger charge is -2.30. The van der Waals surface area contributed by atoms with Crippen molar-refractivity contribution in [3.8, 4) is 0 Å². The van der Waals surface area contributed by atoms with Crippen LogP contribution in [0.2, 0.25) is 0 Å². The predicted octanol–water partition coefficient (Wildman–Crippen LogP) is 3.23. The van der Waals surface area contributed by atoms with Gasteiger partial charge in [-0.2, -0.15) is 8.42 Å². The highest BCUT2D eigenvalue weighted by Gasteiger charge is 2.47. The number of carbonyl (C=O) groups excluding carboxylic acids is 3. The van der Waals surface area contributed by atoms with Crippen LogP contribution >= 0.6 is 0 Å². The second-order valence-corrected chi connectivity index (χ2v) is 16.8. The summed E-state index contributed by atoms with van der Waals surface area (Å²) in [5, 5.41) is 20.0. The Morgan fingerprint density at radius 3 is 2.10 bits per heavy atom. The first-order valence-corrected chi connectivity index (χ1v) is 20.0. The smallest absolute Gasteiger partial charge is 0.306 e. The molecule has 52 heavy (non-hydrogen) atoms. The molecule has 5 rings (SSSR count). The van der Waals surface area contributed by atoms with Gasteiger partial charge in [0.25, 0.3) is 16.0 Å². The predicted molar refractivity (Wildman–Crippen MR) is 194 cm³/mol. The number of ether oxygens (including phenoxy) is 1. The largest absolute Gasteiger partial charge is 0.481 e. The number of aromatic amines is 2. The molecule has 0 aliphatic carbocycles. The minimum absolute atomic E-state index is 0.00145. The number of aromatic nitrogens is 2. The van der Waals surface area contributed by atoms with Crippen LogP contribution in [0.1, 0.15) is 114 Å². The molecular weight excluding hydrogens is 690 g/mol. The molecule has 15 heteroatoms. The van der Waals surface area contributed by atoms with Gasteiger partial charge in [-0.15, -0.1) is 0 Å². The van der Waals surface area contributed by atoms with E-state index < -0.39 is 45.7 Å². The Morgan fingerprint density at radius 1 is 0.885 bits per heavy atom. The Morgan fingerprint density at radius 2 is 1.48 bits per heavy atom. The van der Waals surface area contributed by atoms with Crippen molar-refractivity contribution in [1.82, 2.24) is 25.9 Å². The molecule has 8 bridgehead atoms. The summed E-state index contributed by atoms with van der Waals surface area (Å²) < 4.78 is 37.5. The van der Waals surface area contributed by atoms with Gasteiger partial charge in [0.15, 0.2) is 5.78 Å². The maximum atomic E-state index is 14.0. The van der Waals surface area contributed by atoms with E-state index in [9.17, 15) is 37.3 Å². The number of hydrogen-bond donors (Lipinski definition) is 7. The second kappa shape index (κ2) is 15.8. The van der Waals surface area contributed by atoms with E-state index in [4.69, 9.17) is 4.74 Å². The van der Waals surface area contributed by atoms with Crippen molar-refractivity contribution in [2.24, 2.45) is 23.7 Å². The number of ketones is 1. The van der Waals surface area contributed by atoms with E-state index in [-0.39, 0.29) is 67.0 Å². The van der Waals surface area contributed by atoms with E-state index in [1.807, 2.05) is 13.8 Å². The number of hydrogen-bond acceptors (Lipinski definition) is 9. The van der Waals surface area contributed by atoms with Crippen LogP contribution in [0.25, 0.3) is 0 Å². The first-order valence-electron chi connectivity index (χ1n) is 18.4. The zero-order valence-electron chi connectivity index (χ0n) is 31.2. The zero-order valence-corrected chi connectivity index (χ0v) is 32.0. The molecule has 0 aromatic carbocycles. The van der Waals surface area contributed by atoms with E-state index in [0.717, 1.165) is 29.1 Å². The fourth-order valence-corrected chi connectivity index (χ4v) is 9.94. The van der Waals surface area contributed by atoms with Gasteiger partial charge in [-0.25, -0.2) is 0 Å². The van der Waals surface area contributed by atoms with Crippen molar-refractivity contribution in [3.05, 3.63) is 45.0 Å². The maximum absolute atomic E-state index is 14.0. The Hall–Kier alpha value is -3.53. The van der Waals surface area contributed by atoms with Crippen molar-refractivity contribution < 1.29 is 42.0 Å². The van der Waals surface area contributed by atoms with Crippen molar-refractivity contribution in [2.75, 3.05) is 19.4 Å². The third-order valence-corrected chi connectivity index (χ3v) is 13.0. The van der Waals surface area contributed by atoms with Crippen LogP contribution in [0.3, 0.4) is 0 Å². The second-order valence-electron chi connectivity index (χ2n) is 15.3. The van der Waals surface area contributed by atoms with Crippen molar-refractivity contribution in [1.29, 1.82) is 0 Å². The van der Waals surface area contributed by atoms with E-state index in [2.05, 4.69) is 46.7 Å². The lowest BCUT2D eigenvalue weighted by Crippen LogP contribution is -2.40. The summed E-state index contributed by atoms with van der Waals surface area (Å²) in [5.74, 6) is -3.03. The molecular formula is C37H55N5O9S. The lowest BCUT2D eigenvalue weighted by atomic mass is 9.77. The molecule has 0 spiro atoms. The molecule has 2 fully saturated rings. The molecule has 14 nitrogen and oxygen atoms in total. The van der Waals surface area contributed by atoms with Crippen LogP contribution in [-0.4, -0.2) is 95.2 Å². The normalized spacial score (nSPS) is 28.8. The summed E-state index contributed by atoms with van der Waals surface area (Å²) in [7, 11) is -3.03. The number of methoxy groups -OCH3 is 1. The fourth-order valence-electron chi connectivity index (χ4n) is 9.58.